The van der Waals surface area contributed by atoms with Crippen LogP contribution in [-0.4, -0.2) is 37.0 Å². The summed E-state index contributed by atoms with van der Waals surface area (Å²) < 4.78 is 0. The number of hydrogen-bond acceptors (Lipinski definition) is 3. The molecule has 154 valence electrons. The van der Waals surface area contributed by atoms with Crippen LogP contribution in [0.5, 0.6) is 0 Å². The SMILES string of the molecule is CC(CC(=O)Nc1cccc(CN2CCCCC2)c1)C1CCNCC1.Cl.Cl. The number of hydrogen-bond donors (Lipinski definition) is 2. The highest BCUT2D eigenvalue weighted by molar-refractivity contribution is 5.90. The molecule has 0 aliphatic carbocycles. The van der Waals surface area contributed by atoms with Gasteiger partial charge in [-0.3, -0.25) is 9.69 Å². The molecule has 0 saturated carbocycles. The predicted molar refractivity (Wildman–Crippen MR) is 118 cm³/mol. The summed E-state index contributed by atoms with van der Waals surface area (Å²) in [4.78, 5) is 14.9. The molecule has 27 heavy (non-hydrogen) atoms. The first-order valence-corrected chi connectivity index (χ1v) is 10.0. The van der Waals surface area contributed by atoms with Crippen LogP contribution >= 0.6 is 24.8 Å². The molecule has 4 nitrogen and oxygen atoms in total. The van der Waals surface area contributed by atoms with Gasteiger partial charge in [0.25, 0.3) is 0 Å². The fourth-order valence-electron chi connectivity index (χ4n) is 4.21. The standard InChI is InChI=1S/C21H33N3O.2ClH/c1-17(19-8-10-22-11-9-19)14-21(25)23-20-7-5-6-18(15-20)16-24-12-3-2-4-13-24;;/h5-7,15,17,19,22H,2-4,8-14,16H2,1H3,(H,23,25);2*1H. The lowest BCUT2D eigenvalue weighted by Crippen LogP contribution is -2.32. The summed E-state index contributed by atoms with van der Waals surface area (Å²) >= 11 is 0. The molecule has 3 rings (SSSR count). The molecule has 2 heterocycles. The zero-order chi connectivity index (χ0) is 17.5. The third-order valence-corrected chi connectivity index (χ3v) is 5.76. The van der Waals surface area contributed by atoms with Crippen LogP contribution in [0.25, 0.3) is 0 Å². The zero-order valence-corrected chi connectivity index (χ0v) is 18.0. The number of rotatable bonds is 6. The summed E-state index contributed by atoms with van der Waals surface area (Å²) in [6.45, 7) is 7.80. The van der Waals surface area contributed by atoms with Crippen molar-refractivity contribution < 1.29 is 4.79 Å². The molecular formula is C21H35Cl2N3O. The number of amides is 1. The lowest BCUT2D eigenvalue weighted by Gasteiger charge is -2.28. The molecule has 0 radical (unpaired) electrons. The van der Waals surface area contributed by atoms with E-state index < -0.39 is 0 Å². The van der Waals surface area contributed by atoms with Crippen LogP contribution in [0.2, 0.25) is 0 Å². The Morgan fingerprint density at radius 1 is 1.19 bits per heavy atom. The minimum absolute atomic E-state index is 0. The quantitative estimate of drug-likeness (QED) is 0.719. The van der Waals surface area contributed by atoms with E-state index in [0.717, 1.165) is 25.3 Å². The van der Waals surface area contributed by atoms with E-state index >= 15 is 0 Å². The third kappa shape index (κ3) is 7.98. The van der Waals surface area contributed by atoms with E-state index in [-0.39, 0.29) is 30.7 Å². The van der Waals surface area contributed by atoms with E-state index in [1.807, 2.05) is 6.07 Å². The Balaban J connectivity index is 0.00000182. The smallest absolute Gasteiger partial charge is 0.224 e. The van der Waals surface area contributed by atoms with Gasteiger partial charge in [0.15, 0.2) is 0 Å². The van der Waals surface area contributed by atoms with E-state index in [0.29, 0.717) is 18.3 Å². The number of carbonyl (C=O) groups excluding carboxylic acids is 1. The topological polar surface area (TPSA) is 44.4 Å². The van der Waals surface area contributed by atoms with Gasteiger partial charge in [-0.05, 0) is 81.4 Å². The van der Waals surface area contributed by atoms with Gasteiger partial charge in [0.2, 0.25) is 5.91 Å². The van der Waals surface area contributed by atoms with Gasteiger partial charge in [-0.2, -0.15) is 0 Å². The number of nitrogens with zero attached hydrogens (tertiary/aromatic N) is 1. The summed E-state index contributed by atoms with van der Waals surface area (Å²) in [5.41, 5.74) is 2.24. The molecule has 2 aliphatic rings. The van der Waals surface area contributed by atoms with Crippen LogP contribution < -0.4 is 10.6 Å². The highest BCUT2D eigenvalue weighted by atomic mass is 35.5. The number of halogens is 2. The van der Waals surface area contributed by atoms with E-state index in [1.165, 1.54) is 50.8 Å². The average Bonchev–Trinajstić information content (AvgIpc) is 2.63. The van der Waals surface area contributed by atoms with Gasteiger partial charge in [0, 0.05) is 18.7 Å². The maximum Gasteiger partial charge on any atom is 0.224 e. The molecule has 2 saturated heterocycles. The highest BCUT2D eigenvalue weighted by Crippen LogP contribution is 2.25. The first-order chi connectivity index (χ1) is 12.2. The molecule has 1 unspecified atom stereocenters. The highest BCUT2D eigenvalue weighted by Gasteiger charge is 2.22. The second-order valence-corrected chi connectivity index (χ2v) is 7.85. The lowest BCUT2D eigenvalue weighted by molar-refractivity contribution is -0.117. The second-order valence-electron chi connectivity index (χ2n) is 7.85. The molecule has 6 heteroatoms. The molecule has 1 amide bonds. The normalized spacial score (nSPS) is 19.4. The summed E-state index contributed by atoms with van der Waals surface area (Å²) in [6, 6.07) is 8.38. The van der Waals surface area contributed by atoms with Gasteiger partial charge in [-0.25, -0.2) is 0 Å². The minimum atomic E-state index is 0. The zero-order valence-electron chi connectivity index (χ0n) is 16.4. The average molecular weight is 416 g/mol. The number of carbonyl (C=O) groups is 1. The molecule has 2 N–H and O–H groups in total. The summed E-state index contributed by atoms with van der Waals surface area (Å²) in [5.74, 6) is 1.29. The number of piperidine rings is 2. The fourth-order valence-corrected chi connectivity index (χ4v) is 4.21. The Kier molecular flexibility index (Phi) is 11.3. The number of likely N-dealkylation sites (tertiary alicyclic amines) is 1. The molecule has 0 spiro atoms. The van der Waals surface area contributed by atoms with Crippen LogP contribution in [0.4, 0.5) is 5.69 Å². The molecular weight excluding hydrogens is 381 g/mol. The predicted octanol–water partition coefficient (Wildman–Crippen LogP) is 4.48. The molecule has 1 aromatic carbocycles. The Hall–Kier alpha value is -0.810. The first-order valence-electron chi connectivity index (χ1n) is 10.0. The Morgan fingerprint density at radius 2 is 1.89 bits per heavy atom. The largest absolute Gasteiger partial charge is 0.326 e. The van der Waals surface area contributed by atoms with Crippen molar-refractivity contribution >= 4 is 36.4 Å². The Labute approximate surface area is 176 Å². The van der Waals surface area contributed by atoms with E-state index in [2.05, 4.69) is 40.7 Å². The maximum absolute atomic E-state index is 12.4. The van der Waals surface area contributed by atoms with Crippen molar-refractivity contribution in [2.24, 2.45) is 11.8 Å². The molecule has 0 aromatic heterocycles. The maximum atomic E-state index is 12.4. The third-order valence-electron chi connectivity index (χ3n) is 5.76. The Morgan fingerprint density at radius 3 is 2.59 bits per heavy atom. The van der Waals surface area contributed by atoms with Gasteiger partial charge in [-0.15, -0.1) is 24.8 Å². The van der Waals surface area contributed by atoms with Crippen LogP contribution in [0.1, 0.15) is 51.0 Å². The summed E-state index contributed by atoms with van der Waals surface area (Å²) in [6.07, 6.45) is 7.00. The monoisotopic (exact) mass is 415 g/mol. The van der Waals surface area contributed by atoms with Gasteiger partial charge >= 0.3 is 0 Å². The van der Waals surface area contributed by atoms with E-state index in [9.17, 15) is 4.79 Å². The van der Waals surface area contributed by atoms with E-state index in [4.69, 9.17) is 0 Å². The Bertz CT molecular complexity index is 558. The summed E-state index contributed by atoms with van der Waals surface area (Å²) in [5, 5.41) is 6.51. The number of nitrogens with one attached hydrogen (secondary N) is 2. The first kappa shape index (κ1) is 24.2. The van der Waals surface area contributed by atoms with Crippen molar-refractivity contribution in [3.8, 4) is 0 Å². The van der Waals surface area contributed by atoms with Crippen molar-refractivity contribution in [2.45, 2.75) is 52.0 Å². The molecule has 1 atom stereocenters. The van der Waals surface area contributed by atoms with Crippen molar-refractivity contribution in [1.29, 1.82) is 0 Å². The van der Waals surface area contributed by atoms with Gasteiger partial charge < -0.3 is 10.6 Å². The molecule has 0 bridgehead atoms. The second kappa shape index (κ2) is 12.6. The lowest BCUT2D eigenvalue weighted by atomic mass is 9.84. The van der Waals surface area contributed by atoms with Crippen molar-refractivity contribution in [1.82, 2.24) is 10.2 Å². The number of anilines is 1. The van der Waals surface area contributed by atoms with Crippen molar-refractivity contribution in [2.75, 3.05) is 31.5 Å². The van der Waals surface area contributed by atoms with Crippen LogP contribution in [0, 0.1) is 11.8 Å². The van der Waals surface area contributed by atoms with Crippen LogP contribution in [0.3, 0.4) is 0 Å². The van der Waals surface area contributed by atoms with Crippen molar-refractivity contribution in [3.63, 3.8) is 0 Å². The molecule has 1 aromatic rings. The fraction of sp³-hybridized carbons (Fsp3) is 0.667. The van der Waals surface area contributed by atoms with Crippen molar-refractivity contribution in [3.05, 3.63) is 29.8 Å². The minimum Gasteiger partial charge on any atom is -0.326 e. The summed E-state index contributed by atoms with van der Waals surface area (Å²) in [7, 11) is 0. The number of benzene rings is 1. The van der Waals surface area contributed by atoms with E-state index in [1.54, 1.807) is 0 Å². The molecule has 2 fully saturated rings. The van der Waals surface area contributed by atoms with Gasteiger partial charge in [0.1, 0.15) is 0 Å². The van der Waals surface area contributed by atoms with Gasteiger partial charge in [-0.1, -0.05) is 25.5 Å². The van der Waals surface area contributed by atoms with Gasteiger partial charge in [0.05, 0.1) is 0 Å². The molecule has 2 aliphatic heterocycles. The van der Waals surface area contributed by atoms with Crippen LogP contribution in [-0.2, 0) is 11.3 Å². The van der Waals surface area contributed by atoms with Crippen LogP contribution in [0.15, 0.2) is 24.3 Å².